The van der Waals surface area contributed by atoms with Crippen LogP contribution in [0.2, 0.25) is 0 Å². The van der Waals surface area contributed by atoms with Crippen molar-refractivity contribution in [2.24, 2.45) is 11.8 Å². The minimum atomic E-state index is -0.396. The van der Waals surface area contributed by atoms with Crippen LogP contribution >= 0.6 is 0 Å². The van der Waals surface area contributed by atoms with Gasteiger partial charge in [-0.3, -0.25) is 10.2 Å². The van der Waals surface area contributed by atoms with Gasteiger partial charge in [-0.05, 0) is 6.42 Å². The van der Waals surface area contributed by atoms with Crippen molar-refractivity contribution < 1.29 is 14.3 Å². The van der Waals surface area contributed by atoms with Crippen molar-refractivity contribution in [1.82, 2.24) is 10.3 Å². The number of hydrogen-bond acceptors (Lipinski definition) is 4. The normalized spacial score (nSPS) is 21.4. The number of nitrogens with zero attached hydrogens (tertiary/aromatic N) is 1. The van der Waals surface area contributed by atoms with Gasteiger partial charge < -0.3 is 9.64 Å². The molecule has 1 aliphatic rings. The molecule has 0 bridgehead atoms. The highest BCUT2D eigenvalue weighted by Gasteiger charge is 2.30. The summed E-state index contributed by atoms with van der Waals surface area (Å²) in [5, 5.41) is 0. The fourth-order valence-corrected chi connectivity index (χ4v) is 1.39. The molecule has 1 fully saturated rings. The predicted octanol–water partition coefficient (Wildman–Crippen LogP) is -0.935. The summed E-state index contributed by atoms with van der Waals surface area (Å²) in [6.45, 7) is 0.931. The largest absolute Gasteiger partial charge is 0.453 e. The van der Waals surface area contributed by atoms with Crippen molar-refractivity contribution in [1.29, 1.82) is 0 Å². The first-order valence-electron chi connectivity index (χ1n) is 4.02. The van der Waals surface area contributed by atoms with Crippen LogP contribution in [0.25, 0.3) is 0 Å². The van der Waals surface area contributed by atoms with Crippen LogP contribution in [-0.2, 0) is 9.53 Å². The van der Waals surface area contributed by atoms with E-state index in [1.165, 1.54) is 12.0 Å². The highest BCUT2D eigenvalue weighted by molar-refractivity contribution is 5.79. The Morgan fingerprint density at radius 2 is 2.31 bits per heavy atom. The fourth-order valence-electron chi connectivity index (χ4n) is 1.39. The second-order valence-corrected chi connectivity index (χ2v) is 2.91. The van der Waals surface area contributed by atoms with E-state index < -0.39 is 6.09 Å². The average molecular weight is 187 g/mol. The molecule has 1 saturated heterocycles. The molecular formula is C7H13N3O3. The van der Waals surface area contributed by atoms with Crippen molar-refractivity contribution in [3.63, 3.8) is 0 Å². The van der Waals surface area contributed by atoms with Gasteiger partial charge in [0.1, 0.15) is 0 Å². The molecule has 1 atom stereocenters. The van der Waals surface area contributed by atoms with E-state index in [1.54, 1.807) is 0 Å². The van der Waals surface area contributed by atoms with Crippen LogP contribution in [0.5, 0.6) is 0 Å². The molecule has 0 aromatic heterocycles. The number of amides is 2. The Morgan fingerprint density at radius 1 is 1.62 bits per heavy atom. The van der Waals surface area contributed by atoms with Crippen LogP contribution in [-0.4, -0.2) is 37.1 Å². The van der Waals surface area contributed by atoms with E-state index in [-0.39, 0.29) is 11.8 Å². The summed E-state index contributed by atoms with van der Waals surface area (Å²) in [6.07, 6.45) is 0.241. The van der Waals surface area contributed by atoms with Crippen molar-refractivity contribution in [2.45, 2.75) is 6.42 Å². The maximum absolute atomic E-state index is 11.1. The van der Waals surface area contributed by atoms with Crippen LogP contribution in [0.15, 0.2) is 0 Å². The summed E-state index contributed by atoms with van der Waals surface area (Å²) < 4.78 is 4.52. The van der Waals surface area contributed by atoms with Gasteiger partial charge in [0.15, 0.2) is 0 Å². The fraction of sp³-hybridized carbons (Fsp3) is 0.714. The smallest absolute Gasteiger partial charge is 0.409 e. The van der Waals surface area contributed by atoms with Gasteiger partial charge in [0, 0.05) is 13.1 Å². The predicted molar refractivity (Wildman–Crippen MR) is 44.4 cm³/mol. The number of hydrazine groups is 1. The molecule has 74 valence electrons. The lowest BCUT2D eigenvalue weighted by Crippen LogP contribution is -2.38. The Morgan fingerprint density at radius 3 is 2.85 bits per heavy atom. The zero-order chi connectivity index (χ0) is 9.84. The number of likely N-dealkylation sites (tertiary alicyclic amines) is 1. The topological polar surface area (TPSA) is 84.7 Å². The molecule has 1 heterocycles. The quantitative estimate of drug-likeness (QED) is 0.315. The van der Waals surface area contributed by atoms with Gasteiger partial charge in [-0.25, -0.2) is 10.6 Å². The third-order valence-electron chi connectivity index (χ3n) is 2.13. The SMILES string of the molecule is COC(=O)N1CCC(C(=O)NN)C1. The van der Waals surface area contributed by atoms with Gasteiger partial charge in [0.2, 0.25) is 5.91 Å². The maximum Gasteiger partial charge on any atom is 0.409 e. The number of carbonyl (C=O) groups is 2. The molecule has 0 saturated carbocycles. The molecule has 3 N–H and O–H groups in total. The number of carbonyl (C=O) groups excluding carboxylic acids is 2. The van der Waals surface area contributed by atoms with Crippen LogP contribution in [0, 0.1) is 5.92 Å². The van der Waals surface area contributed by atoms with E-state index in [0.29, 0.717) is 19.5 Å². The number of methoxy groups -OCH3 is 1. The summed E-state index contributed by atoms with van der Waals surface area (Å²) in [4.78, 5) is 23.6. The van der Waals surface area contributed by atoms with Crippen molar-refractivity contribution in [3.05, 3.63) is 0 Å². The maximum atomic E-state index is 11.1. The monoisotopic (exact) mass is 187 g/mol. The van der Waals surface area contributed by atoms with Crippen molar-refractivity contribution >= 4 is 12.0 Å². The minimum Gasteiger partial charge on any atom is -0.453 e. The molecule has 6 heteroatoms. The summed E-state index contributed by atoms with van der Waals surface area (Å²) in [5.41, 5.74) is 2.07. The lowest BCUT2D eigenvalue weighted by Gasteiger charge is -2.13. The zero-order valence-electron chi connectivity index (χ0n) is 7.45. The molecule has 13 heavy (non-hydrogen) atoms. The van der Waals surface area contributed by atoms with Crippen molar-refractivity contribution in [3.8, 4) is 0 Å². The first-order chi connectivity index (χ1) is 6.19. The van der Waals surface area contributed by atoms with Gasteiger partial charge >= 0.3 is 6.09 Å². The molecule has 1 rings (SSSR count). The molecule has 2 amide bonds. The Kier molecular flexibility index (Phi) is 3.07. The zero-order valence-corrected chi connectivity index (χ0v) is 7.45. The van der Waals surface area contributed by atoms with Gasteiger partial charge in [-0.2, -0.15) is 0 Å². The highest BCUT2D eigenvalue weighted by Crippen LogP contribution is 2.16. The van der Waals surface area contributed by atoms with Gasteiger partial charge in [-0.15, -0.1) is 0 Å². The summed E-state index contributed by atoms with van der Waals surface area (Å²) >= 11 is 0. The Hall–Kier alpha value is -1.30. The Balaban J connectivity index is 2.44. The second kappa shape index (κ2) is 4.08. The molecule has 0 radical (unpaired) electrons. The second-order valence-electron chi connectivity index (χ2n) is 2.91. The lowest BCUT2D eigenvalue weighted by molar-refractivity contribution is -0.124. The minimum absolute atomic E-state index is 0.205. The average Bonchev–Trinajstić information content (AvgIpc) is 2.64. The Labute approximate surface area is 76.0 Å². The molecular weight excluding hydrogens is 174 g/mol. The van der Waals surface area contributed by atoms with Crippen molar-refractivity contribution in [2.75, 3.05) is 20.2 Å². The lowest BCUT2D eigenvalue weighted by atomic mass is 10.1. The number of rotatable bonds is 1. The molecule has 0 aliphatic carbocycles. The molecule has 0 aromatic carbocycles. The summed E-state index contributed by atoms with van der Waals surface area (Å²) in [5.74, 6) is 4.54. The van der Waals surface area contributed by atoms with E-state index >= 15 is 0 Å². The third-order valence-corrected chi connectivity index (χ3v) is 2.13. The van der Waals surface area contributed by atoms with E-state index in [1.807, 2.05) is 0 Å². The van der Waals surface area contributed by atoms with E-state index in [9.17, 15) is 9.59 Å². The number of nitrogens with one attached hydrogen (secondary N) is 1. The summed E-state index contributed by atoms with van der Waals surface area (Å²) in [7, 11) is 1.32. The molecule has 6 nitrogen and oxygen atoms in total. The standard InChI is InChI=1S/C7H13N3O3/c1-13-7(12)10-3-2-5(4-10)6(11)9-8/h5H,2-4,8H2,1H3,(H,9,11). The van der Waals surface area contributed by atoms with E-state index in [0.717, 1.165) is 0 Å². The number of ether oxygens (including phenoxy) is 1. The van der Waals surface area contributed by atoms with Crippen LogP contribution < -0.4 is 11.3 Å². The third kappa shape index (κ3) is 2.09. The molecule has 0 aromatic rings. The van der Waals surface area contributed by atoms with Crippen LogP contribution in [0.4, 0.5) is 4.79 Å². The molecule has 0 spiro atoms. The molecule has 1 unspecified atom stereocenters. The number of hydrogen-bond donors (Lipinski definition) is 2. The van der Waals surface area contributed by atoms with Gasteiger partial charge in [-0.1, -0.05) is 0 Å². The van der Waals surface area contributed by atoms with E-state index in [2.05, 4.69) is 10.2 Å². The Bertz CT molecular complexity index is 197. The first-order valence-corrected chi connectivity index (χ1v) is 4.02. The van der Waals surface area contributed by atoms with E-state index in [4.69, 9.17) is 5.84 Å². The van der Waals surface area contributed by atoms with Crippen LogP contribution in [0.1, 0.15) is 6.42 Å². The van der Waals surface area contributed by atoms with Gasteiger partial charge in [0.05, 0.1) is 13.0 Å². The van der Waals surface area contributed by atoms with Gasteiger partial charge in [0.25, 0.3) is 0 Å². The van der Waals surface area contributed by atoms with Crippen LogP contribution in [0.3, 0.4) is 0 Å². The first kappa shape index (κ1) is 9.79. The highest BCUT2D eigenvalue weighted by atomic mass is 16.5. The summed E-state index contributed by atoms with van der Waals surface area (Å²) in [6, 6.07) is 0. The number of nitrogens with two attached hydrogens (primary N) is 1. The molecule has 1 aliphatic heterocycles.